The van der Waals surface area contributed by atoms with Crippen molar-refractivity contribution in [2.24, 2.45) is 5.16 Å². The van der Waals surface area contributed by atoms with Gasteiger partial charge in [-0.3, -0.25) is 4.79 Å². The Kier molecular flexibility index (Phi) is 5.76. The second kappa shape index (κ2) is 7.78. The van der Waals surface area contributed by atoms with Crippen LogP contribution in [0.3, 0.4) is 0 Å². The minimum Gasteiger partial charge on any atom is -0.483 e. The van der Waals surface area contributed by atoms with Crippen LogP contribution in [0.4, 0.5) is 5.69 Å². The molecule has 0 aliphatic rings. The van der Waals surface area contributed by atoms with Crippen LogP contribution in [0.25, 0.3) is 0 Å². The number of anilines is 1. The van der Waals surface area contributed by atoms with Crippen LogP contribution in [0, 0.1) is 13.8 Å². The molecule has 6 heteroatoms. The summed E-state index contributed by atoms with van der Waals surface area (Å²) in [6.07, 6.45) is 1.31. The van der Waals surface area contributed by atoms with Crippen LogP contribution in [-0.2, 0) is 4.79 Å². The first-order chi connectivity index (χ1) is 11.0. The molecule has 2 aromatic rings. The number of hydrogen-bond donors (Lipinski definition) is 2. The second-order valence-electron chi connectivity index (χ2n) is 5.09. The number of carbonyl (C=O) groups excluding carboxylic acids is 1. The van der Waals surface area contributed by atoms with Crippen molar-refractivity contribution < 1.29 is 14.7 Å². The number of halogens is 1. The molecule has 1 amide bonds. The summed E-state index contributed by atoms with van der Waals surface area (Å²) in [6, 6.07) is 11.0. The normalized spacial score (nSPS) is 10.7. The lowest BCUT2D eigenvalue weighted by atomic mass is 10.1. The molecule has 5 nitrogen and oxygen atoms in total. The first-order valence-corrected chi connectivity index (χ1v) is 7.76. The second-order valence-corrected chi connectivity index (χ2v) is 5.94. The molecule has 0 radical (unpaired) electrons. The van der Waals surface area contributed by atoms with E-state index in [2.05, 4.69) is 26.4 Å². The zero-order valence-electron chi connectivity index (χ0n) is 12.8. The van der Waals surface area contributed by atoms with Gasteiger partial charge >= 0.3 is 0 Å². The Morgan fingerprint density at radius 2 is 2.09 bits per heavy atom. The highest BCUT2D eigenvalue weighted by Crippen LogP contribution is 2.25. The van der Waals surface area contributed by atoms with Crippen molar-refractivity contribution in [2.45, 2.75) is 13.8 Å². The van der Waals surface area contributed by atoms with Crippen molar-refractivity contribution in [3.63, 3.8) is 0 Å². The summed E-state index contributed by atoms with van der Waals surface area (Å²) in [5.74, 6) is 0.306. The number of rotatable bonds is 5. The quantitative estimate of drug-likeness (QED) is 0.472. The van der Waals surface area contributed by atoms with Crippen LogP contribution in [0.15, 0.2) is 46.0 Å². The van der Waals surface area contributed by atoms with Crippen LogP contribution in [0.1, 0.15) is 16.7 Å². The van der Waals surface area contributed by atoms with Gasteiger partial charge < -0.3 is 15.3 Å². The van der Waals surface area contributed by atoms with Gasteiger partial charge in [-0.2, -0.15) is 0 Å². The van der Waals surface area contributed by atoms with Crippen molar-refractivity contribution >= 4 is 33.7 Å². The number of nitrogens with one attached hydrogen (secondary N) is 1. The van der Waals surface area contributed by atoms with Crippen molar-refractivity contribution in [2.75, 3.05) is 11.9 Å². The lowest BCUT2D eigenvalue weighted by Gasteiger charge is -2.11. The Labute approximate surface area is 143 Å². The zero-order chi connectivity index (χ0) is 16.8. The average Bonchev–Trinajstić information content (AvgIpc) is 2.50. The fraction of sp³-hybridized carbons (Fsp3) is 0.176. The first-order valence-electron chi connectivity index (χ1n) is 6.96. The predicted octanol–water partition coefficient (Wildman–Crippen LogP) is 3.89. The summed E-state index contributed by atoms with van der Waals surface area (Å²) in [7, 11) is 0. The molecule has 0 atom stereocenters. The van der Waals surface area contributed by atoms with Gasteiger partial charge in [0.15, 0.2) is 6.61 Å². The molecular weight excluding hydrogens is 360 g/mol. The maximum absolute atomic E-state index is 12.0. The van der Waals surface area contributed by atoms with E-state index in [0.29, 0.717) is 15.8 Å². The van der Waals surface area contributed by atoms with E-state index in [-0.39, 0.29) is 12.5 Å². The molecule has 2 aromatic carbocycles. The third-order valence-corrected chi connectivity index (χ3v) is 3.80. The predicted molar refractivity (Wildman–Crippen MR) is 93.6 cm³/mol. The zero-order valence-corrected chi connectivity index (χ0v) is 14.4. The Morgan fingerprint density at radius 3 is 2.74 bits per heavy atom. The molecule has 0 bridgehead atoms. The molecule has 0 unspecified atom stereocenters. The third kappa shape index (κ3) is 4.82. The first kappa shape index (κ1) is 17.0. The highest BCUT2D eigenvalue weighted by atomic mass is 79.9. The van der Waals surface area contributed by atoms with Gasteiger partial charge in [0.2, 0.25) is 0 Å². The minimum atomic E-state index is -0.232. The molecule has 0 aliphatic carbocycles. The molecule has 120 valence electrons. The summed E-state index contributed by atoms with van der Waals surface area (Å²) in [6.45, 7) is 3.85. The van der Waals surface area contributed by atoms with Crippen molar-refractivity contribution in [3.05, 3.63) is 57.6 Å². The molecule has 0 fully saturated rings. The van der Waals surface area contributed by atoms with Crippen LogP contribution in [0.5, 0.6) is 5.75 Å². The van der Waals surface area contributed by atoms with Crippen LogP contribution in [-0.4, -0.2) is 23.9 Å². The summed E-state index contributed by atoms with van der Waals surface area (Å²) in [5, 5.41) is 14.3. The highest BCUT2D eigenvalue weighted by Gasteiger charge is 2.08. The standard InChI is InChI=1S/C17H17BrN2O3/c1-11-3-5-15(12(2)7-11)20-17(21)10-23-16-6-4-13(9-19-22)8-14(16)18/h3-9,22H,10H2,1-2H3,(H,20,21)/b19-9+. The summed E-state index contributed by atoms with van der Waals surface area (Å²) in [5.41, 5.74) is 3.64. The molecule has 2 rings (SSSR count). The maximum Gasteiger partial charge on any atom is 0.262 e. The Bertz CT molecular complexity index is 745. The summed E-state index contributed by atoms with van der Waals surface area (Å²) < 4.78 is 6.18. The number of carbonyl (C=O) groups is 1. The highest BCUT2D eigenvalue weighted by molar-refractivity contribution is 9.10. The van der Waals surface area contributed by atoms with E-state index in [0.717, 1.165) is 16.8 Å². The van der Waals surface area contributed by atoms with E-state index in [9.17, 15) is 4.79 Å². The number of amides is 1. The van der Waals surface area contributed by atoms with Crippen LogP contribution < -0.4 is 10.1 Å². The number of ether oxygens (including phenoxy) is 1. The third-order valence-electron chi connectivity index (χ3n) is 3.18. The van der Waals surface area contributed by atoms with Gasteiger partial charge in [-0.1, -0.05) is 22.9 Å². The number of nitrogens with zero attached hydrogens (tertiary/aromatic N) is 1. The van der Waals surface area contributed by atoms with Gasteiger partial charge in [0.05, 0.1) is 10.7 Å². The summed E-state index contributed by atoms with van der Waals surface area (Å²) >= 11 is 3.35. The fourth-order valence-corrected chi connectivity index (χ4v) is 2.58. The van der Waals surface area contributed by atoms with Crippen LogP contribution >= 0.6 is 15.9 Å². The van der Waals surface area contributed by atoms with Crippen LogP contribution in [0.2, 0.25) is 0 Å². The van der Waals surface area contributed by atoms with Gasteiger partial charge in [-0.25, -0.2) is 0 Å². The van der Waals surface area contributed by atoms with E-state index in [4.69, 9.17) is 9.94 Å². The smallest absolute Gasteiger partial charge is 0.262 e. The molecule has 0 saturated heterocycles. The lowest BCUT2D eigenvalue weighted by molar-refractivity contribution is -0.118. The topological polar surface area (TPSA) is 70.9 Å². The fourth-order valence-electron chi connectivity index (χ4n) is 2.06. The largest absolute Gasteiger partial charge is 0.483 e. The minimum absolute atomic E-state index is 0.0979. The Balaban J connectivity index is 1.96. The monoisotopic (exact) mass is 376 g/mol. The maximum atomic E-state index is 12.0. The average molecular weight is 377 g/mol. The molecule has 0 aromatic heterocycles. The van der Waals surface area contributed by atoms with E-state index in [1.807, 2.05) is 32.0 Å². The molecular formula is C17H17BrN2O3. The van der Waals surface area contributed by atoms with E-state index in [1.54, 1.807) is 18.2 Å². The number of oxime groups is 1. The van der Waals surface area contributed by atoms with Gasteiger partial charge in [-0.05, 0) is 65.2 Å². The van der Waals surface area contributed by atoms with Crippen molar-refractivity contribution in [1.29, 1.82) is 0 Å². The van der Waals surface area contributed by atoms with E-state index in [1.165, 1.54) is 6.21 Å². The molecule has 0 spiro atoms. The molecule has 0 aliphatic heterocycles. The molecule has 0 heterocycles. The summed E-state index contributed by atoms with van der Waals surface area (Å²) in [4.78, 5) is 12.0. The molecule has 2 N–H and O–H groups in total. The SMILES string of the molecule is Cc1ccc(NC(=O)COc2ccc(/C=N/O)cc2Br)c(C)c1. The number of hydrogen-bond acceptors (Lipinski definition) is 4. The van der Waals surface area contributed by atoms with Gasteiger partial charge in [0.1, 0.15) is 5.75 Å². The number of benzene rings is 2. The van der Waals surface area contributed by atoms with Gasteiger partial charge in [0.25, 0.3) is 5.91 Å². The Morgan fingerprint density at radius 1 is 1.30 bits per heavy atom. The van der Waals surface area contributed by atoms with Gasteiger partial charge in [0, 0.05) is 5.69 Å². The Hall–Kier alpha value is -2.34. The van der Waals surface area contributed by atoms with Crippen molar-refractivity contribution in [3.8, 4) is 5.75 Å². The van der Waals surface area contributed by atoms with E-state index >= 15 is 0 Å². The number of aryl methyl sites for hydroxylation is 2. The molecule has 0 saturated carbocycles. The van der Waals surface area contributed by atoms with Gasteiger partial charge in [-0.15, -0.1) is 0 Å². The molecule has 23 heavy (non-hydrogen) atoms. The lowest BCUT2D eigenvalue weighted by Crippen LogP contribution is -2.20. The van der Waals surface area contributed by atoms with E-state index < -0.39 is 0 Å². The van der Waals surface area contributed by atoms with Crippen molar-refractivity contribution in [1.82, 2.24) is 0 Å².